The Morgan fingerprint density at radius 2 is 1.83 bits per heavy atom. The first-order chi connectivity index (χ1) is 21.9. The molecule has 2 aliphatic heterocycles. The zero-order valence-electron chi connectivity index (χ0n) is 25.5. The molecule has 2 atom stereocenters. The number of benzene rings is 1. The van der Waals surface area contributed by atoms with Crippen LogP contribution in [0.1, 0.15) is 42.4 Å². The largest absolute Gasteiger partial charge is 0.480 e. The predicted octanol–water partition coefficient (Wildman–Crippen LogP) is 4.46. The summed E-state index contributed by atoms with van der Waals surface area (Å²) < 4.78 is 56.6. The smallest absolute Gasteiger partial charge is 0.429 e. The maximum atomic E-state index is 14.8. The number of ether oxygens (including phenoxy) is 2. The second-order valence-electron chi connectivity index (χ2n) is 11.7. The van der Waals surface area contributed by atoms with Crippen LogP contribution in [-0.4, -0.2) is 79.8 Å². The van der Waals surface area contributed by atoms with Gasteiger partial charge in [0.15, 0.2) is 0 Å². The van der Waals surface area contributed by atoms with Crippen molar-refractivity contribution < 1.29 is 32.5 Å². The van der Waals surface area contributed by atoms with Gasteiger partial charge >= 0.3 is 18.2 Å². The van der Waals surface area contributed by atoms with Crippen LogP contribution in [0.2, 0.25) is 0 Å². The van der Waals surface area contributed by atoms with Crippen molar-refractivity contribution in [1.82, 2.24) is 35.0 Å². The summed E-state index contributed by atoms with van der Waals surface area (Å²) in [6.45, 7) is 5.12. The molecule has 46 heavy (non-hydrogen) atoms. The van der Waals surface area contributed by atoms with Gasteiger partial charge in [0.2, 0.25) is 12.0 Å². The summed E-state index contributed by atoms with van der Waals surface area (Å²) in [4.78, 5) is 30.4. The number of rotatable bonds is 8. The van der Waals surface area contributed by atoms with Crippen LogP contribution in [0.4, 0.5) is 19.0 Å². The summed E-state index contributed by atoms with van der Waals surface area (Å²) in [6.07, 6.45) is -0.547. The third kappa shape index (κ3) is 6.45. The minimum Gasteiger partial charge on any atom is -0.480 e. The lowest BCUT2D eigenvalue weighted by Gasteiger charge is -2.39. The Bertz CT molecular complexity index is 1720. The Hall–Kier alpha value is -4.79. The number of hydrogen-bond donors (Lipinski definition) is 2. The van der Waals surface area contributed by atoms with Crippen LogP contribution in [0.3, 0.4) is 0 Å². The average molecular weight is 639 g/mol. The monoisotopic (exact) mass is 638 g/mol. The van der Waals surface area contributed by atoms with Crippen LogP contribution >= 0.6 is 0 Å². The Labute approximate surface area is 262 Å². The number of aromatic nitrogens is 6. The highest BCUT2D eigenvalue weighted by Gasteiger charge is 2.46. The second kappa shape index (κ2) is 12.2. The minimum absolute atomic E-state index is 0.131. The number of carbonyl (C=O) groups is 1. The Morgan fingerprint density at radius 1 is 1.09 bits per heavy atom. The quantitative estimate of drug-likeness (QED) is 0.283. The molecule has 0 radical (unpaired) electrons. The molecule has 0 aliphatic carbocycles. The molecule has 6 rings (SSSR count). The summed E-state index contributed by atoms with van der Waals surface area (Å²) in [5, 5.41) is 16.9. The standard InChI is InChI=1S/C31H33F3N8O4/c1-18-6-9-42(40-18)24-12-20(21-15-35-29(45-3)36-16-21)4-5-22(24)27(31(32,33)34)46-26-13-25(38-19(2)39-26)41-10-7-30(8-11-41)14-23(28(43)44)37-17-30/h4-6,9,12-13,15-16,23,27,37H,7-8,10-11,14,17H2,1-3H3,(H,43,44)/t23?,27-/m1/s1. The number of methoxy groups -OCH3 is 1. The molecule has 15 heteroatoms. The van der Waals surface area contributed by atoms with Crippen LogP contribution in [-0.2, 0) is 4.79 Å². The van der Waals surface area contributed by atoms with E-state index in [2.05, 4.69) is 30.4 Å². The molecule has 0 bridgehead atoms. The van der Waals surface area contributed by atoms with Gasteiger partial charge in [-0.3, -0.25) is 4.79 Å². The van der Waals surface area contributed by atoms with Crippen molar-refractivity contribution in [2.24, 2.45) is 5.41 Å². The average Bonchev–Trinajstić information content (AvgIpc) is 3.66. The van der Waals surface area contributed by atoms with Gasteiger partial charge < -0.3 is 24.8 Å². The molecule has 1 unspecified atom stereocenters. The van der Waals surface area contributed by atoms with Crippen molar-refractivity contribution in [2.75, 3.05) is 31.6 Å². The van der Waals surface area contributed by atoms with Crippen LogP contribution in [0.5, 0.6) is 11.9 Å². The molecule has 2 saturated heterocycles. The van der Waals surface area contributed by atoms with Crippen LogP contribution < -0.4 is 19.7 Å². The summed E-state index contributed by atoms with van der Waals surface area (Å²) >= 11 is 0. The van der Waals surface area contributed by atoms with E-state index in [0.717, 1.165) is 12.8 Å². The zero-order valence-corrected chi connectivity index (χ0v) is 25.5. The number of carboxylic acid groups (broad SMARTS) is 1. The number of nitrogens with zero attached hydrogens (tertiary/aromatic N) is 7. The first-order valence-electron chi connectivity index (χ1n) is 14.8. The van der Waals surface area contributed by atoms with Crippen molar-refractivity contribution in [2.45, 2.75) is 51.4 Å². The number of aryl methyl sites for hydroxylation is 2. The molecule has 2 aliphatic rings. The van der Waals surface area contributed by atoms with Gasteiger partial charge in [0, 0.05) is 55.4 Å². The van der Waals surface area contributed by atoms with E-state index in [-0.39, 0.29) is 34.4 Å². The first kappa shape index (κ1) is 31.2. The van der Waals surface area contributed by atoms with Gasteiger partial charge in [-0.15, -0.1) is 0 Å². The highest BCUT2D eigenvalue weighted by atomic mass is 19.4. The zero-order chi connectivity index (χ0) is 32.6. The normalized spacial score (nSPS) is 18.5. The number of alkyl halides is 3. The lowest BCUT2D eigenvalue weighted by atomic mass is 9.76. The van der Waals surface area contributed by atoms with E-state index in [0.29, 0.717) is 48.7 Å². The van der Waals surface area contributed by atoms with E-state index >= 15 is 0 Å². The molecule has 0 amide bonds. The van der Waals surface area contributed by atoms with Crippen LogP contribution in [0.15, 0.2) is 48.9 Å². The van der Waals surface area contributed by atoms with Gasteiger partial charge in [0.05, 0.1) is 18.5 Å². The predicted molar refractivity (Wildman–Crippen MR) is 160 cm³/mol. The van der Waals surface area contributed by atoms with E-state index in [1.165, 1.54) is 36.3 Å². The molecule has 5 heterocycles. The van der Waals surface area contributed by atoms with Gasteiger partial charge in [0.25, 0.3) is 0 Å². The fraction of sp³-hybridized carbons (Fsp3) is 0.419. The molecule has 242 valence electrons. The summed E-state index contributed by atoms with van der Waals surface area (Å²) in [6, 6.07) is 7.22. The van der Waals surface area contributed by atoms with E-state index < -0.39 is 24.3 Å². The summed E-state index contributed by atoms with van der Waals surface area (Å²) in [7, 11) is 1.44. The Morgan fingerprint density at radius 3 is 2.43 bits per heavy atom. The fourth-order valence-corrected chi connectivity index (χ4v) is 6.12. The van der Waals surface area contributed by atoms with Crippen LogP contribution in [0, 0.1) is 19.3 Å². The third-order valence-corrected chi connectivity index (χ3v) is 8.57. The number of anilines is 1. The van der Waals surface area contributed by atoms with Crippen molar-refractivity contribution in [3.05, 3.63) is 66.0 Å². The molecule has 3 aromatic heterocycles. The molecule has 4 aromatic rings. The first-order valence-corrected chi connectivity index (χ1v) is 14.8. The second-order valence-corrected chi connectivity index (χ2v) is 11.7. The van der Waals surface area contributed by atoms with Gasteiger partial charge in [-0.1, -0.05) is 12.1 Å². The van der Waals surface area contributed by atoms with Gasteiger partial charge in [-0.2, -0.15) is 23.3 Å². The maximum Gasteiger partial charge on any atom is 0.429 e. The SMILES string of the molecule is COc1ncc(-c2ccc([C@@H](Oc3cc(N4CCC5(CC4)CNC(C(=O)O)C5)nc(C)n3)C(F)(F)F)c(-n3ccc(C)n3)c2)cn1. The highest BCUT2D eigenvalue weighted by Crippen LogP contribution is 2.42. The number of hydrogen-bond acceptors (Lipinski definition) is 10. The van der Waals surface area contributed by atoms with E-state index in [1.807, 2.05) is 4.90 Å². The Balaban J connectivity index is 1.30. The number of nitrogens with one attached hydrogen (secondary N) is 1. The van der Waals surface area contributed by atoms with Crippen molar-refractivity contribution in [1.29, 1.82) is 0 Å². The summed E-state index contributed by atoms with van der Waals surface area (Å²) in [5.41, 5.74) is 1.65. The number of carboxylic acids is 1. The molecule has 12 nitrogen and oxygen atoms in total. The van der Waals surface area contributed by atoms with E-state index in [9.17, 15) is 23.1 Å². The third-order valence-electron chi connectivity index (χ3n) is 8.57. The van der Waals surface area contributed by atoms with Crippen molar-refractivity contribution in [3.63, 3.8) is 0 Å². The minimum atomic E-state index is -4.81. The van der Waals surface area contributed by atoms with E-state index in [4.69, 9.17) is 9.47 Å². The van der Waals surface area contributed by atoms with Gasteiger partial charge in [-0.25, -0.2) is 19.6 Å². The van der Waals surface area contributed by atoms with Gasteiger partial charge in [0.1, 0.15) is 17.7 Å². The molecule has 1 spiro atoms. The van der Waals surface area contributed by atoms with Crippen LogP contribution in [0.25, 0.3) is 16.8 Å². The number of piperidine rings is 1. The molecule has 2 N–H and O–H groups in total. The number of halogens is 3. The lowest BCUT2D eigenvalue weighted by molar-refractivity contribution is -0.198. The van der Waals surface area contributed by atoms with Crippen molar-refractivity contribution in [3.8, 4) is 28.7 Å². The van der Waals surface area contributed by atoms with Crippen molar-refractivity contribution >= 4 is 11.8 Å². The Kier molecular flexibility index (Phi) is 8.27. The summed E-state index contributed by atoms with van der Waals surface area (Å²) in [5.74, 6) is -0.354. The topological polar surface area (TPSA) is 140 Å². The maximum absolute atomic E-state index is 14.8. The van der Waals surface area contributed by atoms with Gasteiger partial charge in [-0.05, 0) is 56.2 Å². The molecular weight excluding hydrogens is 605 g/mol. The molecule has 0 saturated carbocycles. The lowest BCUT2D eigenvalue weighted by Crippen LogP contribution is -2.41. The highest BCUT2D eigenvalue weighted by molar-refractivity contribution is 5.74. The number of aliphatic carboxylic acids is 1. The molecule has 2 fully saturated rings. The molecular formula is C31H33F3N8O4. The fourth-order valence-electron chi connectivity index (χ4n) is 6.12. The molecule has 1 aromatic carbocycles. The van der Waals surface area contributed by atoms with E-state index in [1.54, 1.807) is 38.2 Å².